The highest BCUT2D eigenvalue weighted by atomic mass is 32.2. The largest absolute Gasteiger partial charge is 0.463 e. The number of amides is 1. The van der Waals surface area contributed by atoms with E-state index in [-0.39, 0.29) is 17.8 Å². The molecule has 5 nitrogen and oxygen atoms in total. The zero-order chi connectivity index (χ0) is 19.0. The van der Waals surface area contributed by atoms with Gasteiger partial charge in [0.05, 0.1) is 29.2 Å². The first kappa shape index (κ1) is 18.7. The zero-order valence-corrected chi connectivity index (χ0v) is 16.6. The van der Waals surface area contributed by atoms with Crippen LogP contribution in [0.15, 0.2) is 40.5 Å². The van der Waals surface area contributed by atoms with Crippen LogP contribution in [-0.2, 0) is 14.3 Å². The van der Waals surface area contributed by atoms with Crippen LogP contribution in [0, 0.1) is 0 Å². The van der Waals surface area contributed by atoms with Gasteiger partial charge in [0, 0.05) is 0 Å². The van der Waals surface area contributed by atoms with Gasteiger partial charge in [-0.2, -0.15) is 0 Å². The Bertz CT molecular complexity index is 796. The average Bonchev–Trinajstić information content (AvgIpc) is 2.87. The van der Waals surface area contributed by atoms with Gasteiger partial charge >= 0.3 is 5.97 Å². The molecule has 1 aromatic rings. The highest BCUT2D eigenvalue weighted by molar-refractivity contribution is 8.15. The summed E-state index contributed by atoms with van der Waals surface area (Å²) < 4.78 is 5.27. The number of carbonyl (C=O) groups is 2. The summed E-state index contributed by atoms with van der Waals surface area (Å²) in [5.74, 6) is -0.0256. The van der Waals surface area contributed by atoms with Crippen molar-refractivity contribution >= 4 is 28.8 Å². The van der Waals surface area contributed by atoms with E-state index in [0.717, 1.165) is 5.56 Å². The Morgan fingerprint density at radius 1 is 1.31 bits per heavy atom. The Balaban J connectivity index is 2.11. The molecule has 0 N–H and O–H groups in total. The lowest BCUT2D eigenvalue weighted by Gasteiger charge is -2.33. The van der Waals surface area contributed by atoms with Gasteiger partial charge in [0.25, 0.3) is 0 Å². The number of hydrogen-bond donors (Lipinski definition) is 0. The van der Waals surface area contributed by atoms with Crippen LogP contribution in [-0.4, -0.2) is 33.8 Å². The summed E-state index contributed by atoms with van der Waals surface area (Å²) in [6, 6.07) is 7.61. The number of benzene rings is 1. The molecular formula is C20H24N2O3S. The molecule has 2 unspecified atom stereocenters. The van der Waals surface area contributed by atoms with Crippen LogP contribution in [0.4, 0.5) is 0 Å². The smallest absolute Gasteiger partial charge is 0.338 e. The molecular weight excluding hydrogens is 348 g/mol. The second-order valence-electron chi connectivity index (χ2n) is 6.81. The van der Waals surface area contributed by atoms with Gasteiger partial charge in [0.15, 0.2) is 5.17 Å². The fourth-order valence-corrected chi connectivity index (χ4v) is 4.28. The van der Waals surface area contributed by atoms with Crippen molar-refractivity contribution in [2.45, 2.75) is 51.8 Å². The van der Waals surface area contributed by atoms with Crippen LogP contribution in [0.2, 0.25) is 0 Å². The minimum Gasteiger partial charge on any atom is -0.463 e. The molecule has 1 aromatic carbocycles. The maximum Gasteiger partial charge on any atom is 0.338 e. The summed E-state index contributed by atoms with van der Waals surface area (Å²) in [7, 11) is 0. The molecule has 2 atom stereocenters. The molecule has 1 fully saturated rings. The molecule has 6 heteroatoms. The molecule has 0 spiro atoms. The SMILES string of the molecule is CCOC(=O)C1=C(C)N=C2SC(C)C(=O)N2C1c1ccc(C(C)C)cc1. The Hall–Kier alpha value is -2.08. The molecule has 2 aliphatic heterocycles. The number of allylic oxidation sites excluding steroid dienone is 1. The van der Waals surface area contributed by atoms with Crippen molar-refractivity contribution in [1.82, 2.24) is 4.90 Å². The first-order valence-electron chi connectivity index (χ1n) is 8.91. The predicted molar refractivity (Wildman–Crippen MR) is 104 cm³/mol. The third kappa shape index (κ3) is 3.18. The van der Waals surface area contributed by atoms with Gasteiger partial charge in [-0.3, -0.25) is 9.69 Å². The number of thioether (sulfide) groups is 1. The Labute approximate surface area is 158 Å². The lowest BCUT2D eigenvalue weighted by atomic mass is 9.92. The second kappa shape index (κ2) is 7.27. The summed E-state index contributed by atoms with van der Waals surface area (Å²) in [4.78, 5) is 31.6. The van der Waals surface area contributed by atoms with Gasteiger partial charge in [0.1, 0.15) is 0 Å². The maximum atomic E-state index is 12.8. The van der Waals surface area contributed by atoms with Crippen molar-refractivity contribution in [3.05, 3.63) is 46.7 Å². The summed E-state index contributed by atoms with van der Waals surface area (Å²) in [5.41, 5.74) is 3.16. The highest BCUT2D eigenvalue weighted by Crippen LogP contribution is 2.43. The van der Waals surface area contributed by atoms with Crippen LogP contribution >= 0.6 is 11.8 Å². The van der Waals surface area contributed by atoms with Crippen molar-refractivity contribution in [2.75, 3.05) is 6.61 Å². The van der Waals surface area contributed by atoms with Crippen molar-refractivity contribution in [3.8, 4) is 0 Å². The van der Waals surface area contributed by atoms with Crippen LogP contribution < -0.4 is 0 Å². The highest BCUT2D eigenvalue weighted by Gasteiger charge is 2.46. The monoisotopic (exact) mass is 372 g/mol. The summed E-state index contributed by atoms with van der Waals surface area (Å²) in [6.07, 6.45) is 0. The molecule has 0 bridgehead atoms. The molecule has 26 heavy (non-hydrogen) atoms. The van der Waals surface area contributed by atoms with Crippen LogP contribution in [0.1, 0.15) is 57.7 Å². The van der Waals surface area contributed by atoms with E-state index in [1.165, 1.54) is 17.3 Å². The first-order valence-corrected chi connectivity index (χ1v) is 9.79. The van der Waals surface area contributed by atoms with E-state index in [9.17, 15) is 9.59 Å². The van der Waals surface area contributed by atoms with E-state index >= 15 is 0 Å². The Morgan fingerprint density at radius 3 is 2.54 bits per heavy atom. The number of ether oxygens (including phenoxy) is 1. The van der Waals surface area contributed by atoms with Gasteiger partial charge in [-0.15, -0.1) is 0 Å². The number of fused-ring (bicyclic) bond motifs is 1. The number of nitrogens with zero attached hydrogens (tertiary/aromatic N) is 2. The third-order valence-electron chi connectivity index (χ3n) is 4.67. The van der Waals surface area contributed by atoms with Gasteiger partial charge in [-0.1, -0.05) is 49.9 Å². The molecule has 0 saturated carbocycles. The molecule has 2 heterocycles. The van der Waals surface area contributed by atoms with Gasteiger partial charge < -0.3 is 4.74 Å². The predicted octanol–water partition coefficient (Wildman–Crippen LogP) is 4.02. The number of hydrogen-bond acceptors (Lipinski definition) is 5. The Morgan fingerprint density at radius 2 is 1.96 bits per heavy atom. The van der Waals surface area contributed by atoms with Gasteiger partial charge in [-0.05, 0) is 37.8 Å². The molecule has 0 radical (unpaired) electrons. The number of esters is 1. The standard InChI is InChI=1S/C20H24N2O3S/c1-6-25-19(24)16-12(4)21-20-22(18(23)13(5)26-20)17(16)15-9-7-14(8-10-15)11(2)3/h7-11,13,17H,6H2,1-5H3. The maximum absolute atomic E-state index is 12.8. The fourth-order valence-electron chi connectivity index (χ4n) is 3.25. The summed E-state index contributed by atoms with van der Waals surface area (Å²) in [5, 5.41) is 0.450. The first-order chi connectivity index (χ1) is 12.3. The number of rotatable bonds is 4. The molecule has 0 aliphatic carbocycles. The summed E-state index contributed by atoms with van der Waals surface area (Å²) in [6.45, 7) is 10.0. The van der Waals surface area contributed by atoms with Crippen LogP contribution in [0.3, 0.4) is 0 Å². The van der Waals surface area contributed by atoms with E-state index < -0.39 is 12.0 Å². The lowest BCUT2D eigenvalue weighted by Crippen LogP contribution is -2.40. The third-order valence-corrected chi connectivity index (χ3v) is 5.73. The van der Waals surface area contributed by atoms with E-state index in [1.54, 1.807) is 18.7 Å². The number of amidine groups is 1. The van der Waals surface area contributed by atoms with E-state index in [0.29, 0.717) is 22.4 Å². The van der Waals surface area contributed by atoms with E-state index in [4.69, 9.17) is 4.74 Å². The van der Waals surface area contributed by atoms with E-state index in [1.807, 2.05) is 19.1 Å². The Kier molecular flexibility index (Phi) is 5.23. The minimum absolute atomic E-state index is 0.0269. The normalized spacial score (nSPS) is 22.6. The molecule has 2 aliphatic rings. The van der Waals surface area contributed by atoms with Crippen molar-refractivity contribution in [1.29, 1.82) is 0 Å². The number of aliphatic imine (C=N–C) groups is 1. The van der Waals surface area contributed by atoms with Crippen LogP contribution in [0.5, 0.6) is 0 Å². The topological polar surface area (TPSA) is 59.0 Å². The summed E-state index contributed by atoms with van der Waals surface area (Å²) >= 11 is 1.43. The number of carbonyl (C=O) groups excluding carboxylic acids is 2. The molecule has 0 aromatic heterocycles. The molecule has 1 saturated heterocycles. The van der Waals surface area contributed by atoms with Crippen molar-refractivity contribution in [3.63, 3.8) is 0 Å². The molecule has 3 rings (SSSR count). The molecule has 138 valence electrons. The average molecular weight is 372 g/mol. The van der Waals surface area contributed by atoms with Gasteiger partial charge in [-0.25, -0.2) is 9.79 Å². The van der Waals surface area contributed by atoms with Crippen LogP contribution in [0.25, 0.3) is 0 Å². The van der Waals surface area contributed by atoms with E-state index in [2.05, 4.69) is 31.0 Å². The fraction of sp³-hybridized carbons (Fsp3) is 0.450. The zero-order valence-electron chi connectivity index (χ0n) is 15.8. The quantitative estimate of drug-likeness (QED) is 0.749. The van der Waals surface area contributed by atoms with Crippen molar-refractivity contribution in [2.24, 2.45) is 4.99 Å². The van der Waals surface area contributed by atoms with Crippen molar-refractivity contribution < 1.29 is 14.3 Å². The second-order valence-corrected chi connectivity index (χ2v) is 8.11. The van der Waals surface area contributed by atoms with Gasteiger partial charge in [0.2, 0.25) is 5.91 Å². The molecule has 1 amide bonds. The minimum atomic E-state index is -0.493. The lowest BCUT2D eigenvalue weighted by molar-refractivity contribution is -0.139.